The Kier molecular flexibility index (Phi) is 4.65. The third-order valence-corrected chi connectivity index (χ3v) is 4.14. The van der Waals surface area contributed by atoms with Crippen LogP contribution in [0.25, 0.3) is 0 Å². The molecule has 0 bridgehead atoms. The molecule has 5 nitrogen and oxygen atoms in total. The second kappa shape index (κ2) is 6.86. The summed E-state index contributed by atoms with van der Waals surface area (Å²) in [7, 11) is 0. The van der Waals surface area contributed by atoms with Crippen molar-refractivity contribution < 1.29 is 14.1 Å². The smallest absolute Gasteiger partial charge is 0.227 e. The second-order valence-corrected chi connectivity index (χ2v) is 5.87. The number of aromatic nitrogens is 1. The Balaban J connectivity index is 1.67. The first-order valence-electron chi connectivity index (χ1n) is 8.12. The Morgan fingerprint density at radius 2 is 2.17 bits per heavy atom. The quantitative estimate of drug-likeness (QED) is 0.850. The van der Waals surface area contributed by atoms with Gasteiger partial charge in [-0.3, -0.25) is 4.79 Å². The lowest BCUT2D eigenvalue weighted by atomic mass is 10.1. The van der Waals surface area contributed by atoms with Crippen LogP contribution in [0.15, 0.2) is 34.9 Å². The molecule has 0 N–H and O–H groups in total. The SMILES string of the molecule is CCOc1ccc(CC(=O)N2CCCC2c2cc(C)no2)cc1. The molecule has 3 rings (SSSR count). The van der Waals surface area contributed by atoms with Gasteiger partial charge in [0.05, 0.1) is 24.8 Å². The zero-order valence-corrected chi connectivity index (χ0v) is 13.6. The molecular weight excluding hydrogens is 292 g/mol. The van der Waals surface area contributed by atoms with E-state index in [1.165, 1.54) is 0 Å². The summed E-state index contributed by atoms with van der Waals surface area (Å²) in [4.78, 5) is 14.6. The van der Waals surface area contributed by atoms with Gasteiger partial charge in [0.1, 0.15) is 5.75 Å². The summed E-state index contributed by atoms with van der Waals surface area (Å²) < 4.78 is 10.8. The molecule has 1 aliphatic heterocycles. The minimum absolute atomic E-state index is 0.0198. The van der Waals surface area contributed by atoms with E-state index in [0.717, 1.165) is 42.2 Å². The summed E-state index contributed by atoms with van der Waals surface area (Å²) in [5.41, 5.74) is 1.85. The Morgan fingerprint density at radius 1 is 1.39 bits per heavy atom. The molecule has 1 atom stereocenters. The number of rotatable bonds is 5. The average Bonchev–Trinajstić information content (AvgIpc) is 3.18. The van der Waals surface area contributed by atoms with Crippen LogP contribution < -0.4 is 4.74 Å². The van der Waals surface area contributed by atoms with Crippen molar-refractivity contribution in [2.75, 3.05) is 13.2 Å². The third-order valence-electron chi connectivity index (χ3n) is 4.14. The molecule has 1 aromatic heterocycles. The third kappa shape index (κ3) is 3.55. The summed E-state index contributed by atoms with van der Waals surface area (Å²) in [5.74, 6) is 1.76. The van der Waals surface area contributed by atoms with Gasteiger partial charge in [-0.1, -0.05) is 17.3 Å². The fourth-order valence-corrected chi connectivity index (χ4v) is 3.05. The minimum atomic E-state index is 0.0198. The first-order chi connectivity index (χ1) is 11.2. The molecule has 1 unspecified atom stereocenters. The zero-order valence-electron chi connectivity index (χ0n) is 13.6. The van der Waals surface area contributed by atoms with Crippen molar-refractivity contribution in [2.45, 2.75) is 39.2 Å². The largest absolute Gasteiger partial charge is 0.494 e. The van der Waals surface area contributed by atoms with Gasteiger partial charge >= 0.3 is 0 Å². The number of nitrogens with zero attached hydrogens (tertiary/aromatic N) is 2. The topological polar surface area (TPSA) is 55.6 Å². The Labute approximate surface area is 136 Å². The maximum absolute atomic E-state index is 12.6. The van der Waals surface area contributed by atoms with E-state index >= 15 is 0 Å². The highest BCUT2D eigenvalue weighted by Crippen LogP contribution is 2.32. The van der Waals surface area contributed by atoms with Gasteiger partial charge in [-0.05, 0) is 44.4 Å². The standard InChI is InChI=1S/C18H22N2O3/c1-3-22-15-8-6-14(7-9-15)12-18(21)20-10-4-5-16(20)17-11-13(2)19-23-17/h6-9,11,16H,3-5,10,12H2,1-2H3. The summed E-state index contributed by atoms with van der Waals surface area (Å²) in [6, 6.07) is 9.67. The summed E-state index contributed by atoms with van der Waals surface area (Å²) in [6.45, 7) is 5.27. The molecule has 122 valence electrons. The molecule has 5 heteroatoms. The normalized spacial score (nSPS) is 17.5. The van der Waals surface area contributed by atoms with E-state index in [2.05, 4.69) is 5.16 Å². The molecule has 0 radical (unpaired) electrons. The number of likely N-dealkylation sites (tertiary alicyclic amines) is 1. The minimum Gasteiger partial charge on any atom is -0.494 e. The van der Waals surface area contributed by atoms with Crippen LogP contribution in [-0.2, 0) is 11.2 Å². The fourth-order valence-electron chi connectivity index (χ4n) is 3.05. The monoisotopic (exact) mass is 314 g/mol. The Morgan fingerprint density at radius 3 is 2.83 bits per heavy atom. The van der Waals surface area contributed by atoms with Gasteiger partial charge in [0.15, 0.2) is 5.76 Å². The van der Waals surface area contributed by atoms with E-state index in [4.69, 9.17) is 9.26 Å². The second-order valence-electron chi connectivity index (χ2n) is 5.87. The van der Waals surface area contributed by atoms with Crippen LogP contribution in [-0.4, -0.2) is 29.1 Å². The lowest BCUT2D eigenvalue weighted by Crippen LogP contribution is -2.31. The van der Waals surface area contributed by atoms with Gasteiger partial charge in [0.2, 0.25) is 5.91 Å². The number of amides is 1. The van der Waals surface area contributed by atoms with Crippen molar-refractivity contribution in [1.82, 2.24) is 10.1 Å². The van der Waals surface area contributed by atoms with Crippen molar-refractivity contribution in [3.05, 3.63) is 47.3 Å². The van der Waals surface area contributed by atoms with Gasteiger partial charge in [-0.25, -0.2) is 0 Å². The van der Waals surface area contributed by atoms with E-state index < -0.39 is 0 Å². The molecule has 0 aliphatic carbocycles. The number of benzene rings is 1. The number of carbonyl (C=O) groups excluding carboxylic acids is 1. The molecular formula is C18H22N2O3. The summed E-state index contributed by atoms with van der Waals surface area (Å²) in [5, 5.41) is 3.94. The van der Waals surface area contributed by atoms with Crippen LogP contribution >= 0.6 is 0 Å². The van der Waals surface area contributed by atoms with Crippen molar-refractivity contribution in [2.24, 2.45) is 0 Å². The van der Waals surface area contributed by atoms with Gasteiger partial charge in [0.25, 0.3) is 0 Å². The lowest BCUT2D eigenvalue weighted by Gasteiger charge is -2.22. The van der Waals surface area contributed by atoms with Gasteiger partial charge < -0.3 is 14.2 Å². The van der Waals surface area contributed by atoms with Gasteiger partial charge in [-0.15, -0.1) is 0 Å². The van der Waals surface area contributed by atoms with Crippen molar-refractivity contribution in [1.29, 1.82) is 0 Å². The molecule has 2 aromatic rings. The molecule has 1 aliphatic rings. The molecule has 1 aromatic carbocycles. The van der Waals surface area contributed by atoms with Crippen molar-refractivity contribution in [3.8, 4) is 5.75 Å². The van der Waals surface area contributed by atoms with Gasteiger partial charge in [-0.2, -0.15) is 0 Å². The summed E-state index contributed by atoms with van der Waals surface area (Å²) >= 11 is 0. The fraction of sp³-hybridized carbons (Fsp3) is 0.444. The highest BCUT2D eigenvalue weighted by molar-refractivity contribution is 5.79. The number of hydrogen-bond donors (Lipinski definition) is 0. The number of carbonyl (C=O) groups is 1. The van der Waals surface area contributed by atoms with E-state index in [0.29, 0.717) is 13.0 Å². The summed E-state index contributed by atoms with van der Waals surface area (Å²) in [6.07, 6.45) is 2.33. The maximum atomic E-state index is 12.6. The van der Waals surface area contributed by atoms with Crippen LogP contribution in [0.2, 0.25) is 0 Å². The zero-order chi connectivity index (χ0) is 16.2. The van der Waals surface area contributed by atoms with Crippen LogP contribution in [0.1, 0.15) is 42.8 Å². The Bertz CT molecular complexity index is 663. The van der Waals surface area contributed by atoms with Crippen molar-refractivity contribution in [3.63, 3.8) is 0 Å². The molecule has 23 heavy (non-hydrogen) atoms. The predicted molar refractivity (Wildman–Crippen MR) is 86.2 cm³/mol. The van der Waals surface area contributed by atoms with E-state index in [1.54, 1.807) is 0 Å². The highest BCUT2D eigenvalue weighted by atomic mass is 16.5. The van der Waals surface area contributed by atoms with E-state index in [1.807, 2.05) is 49.1 Å². The Hall–Kier alpha value is -2.30. The first kappa shape index (κ1) is 15.6. The number of ether oxygens (including phenoxy) is 1. The van der Waals surface area contributed by atoms with Crippen molar-refractivity contribution >= 4 is 5.91 Å². The molecule has 0 saturated carbocycles. The molecule has 0 spiro atoms. The maximum Gasteiger partial charge on any atom is 0.227 e. The van der Waals surface area contributed by atoms with Crippen LogP contribution in [0.3, 0.4) is 0 Å². The van der Waals surface area contributed by atoms with E-state index in [-0.39, 0.29) is 11.9 Å². The molecule has 1 fully saturated rings. The predicted octanol–water partition coefficient (Wildman–Crippen LogP) is 3.29. The number of hydrogen-bond acceptors (Lipinski definition) is 4. The molecule has 1 saturated heterocycles. The number of aryl methyl sites for hydroxylation is 1. The van der Waals surface area contributed by atoms with E-state index in [9.17, 15) is 4.79 Å². The first-order valence-corrected chi connectivity index (χ1v) is 8.12. The van der Waals surface area contributed by atoms with Crippen LogP contribution in [0.4, 0.5) is 0 Å². The van der Waals surface area contributed by atoms with Crippen LogP contribution in [0.5, 0.6) is 5.75 Å². The average molecular weight is 314 g/mol. The highest BCUT2D eigenvalue weighted by Gasteiger charge is 2.32. The van der Waals surface area contributed by atoms with Crippen LogP contribution in [0, 0.1) is 6.92 Å². The molecule has 1 amide bonds. The lowest BCUT2D eigenvalue weighted by molar-refractivity contribution is -0.131. The molecule has 2 heterocycles. The van der Waals surface area contributed by atoms with Gasteiger partial charge in [0, 0.05) is 12.6 Å².